The highest BCUT2D eigenvalue weighted by Crippen LogP contribution is 2.36. The van der Waals surface area contributed by atoms with Crippen LogP contribution in [0, 0.1) is 6.92 Å². The number of pyridine rings is 1. The molecule has 5 rings (SSSR count). The maximum absolute atomic E-state index is 13.0. The molecule has 1 aliphatic heterocycles. The molecule has 1 amide bonds. The van der Waals surface area contributed by atoms with E-state index >= 15 is 0 Å². The van der Waals surface area contributed by atoms with Crippen molar-refractivity contribution in [2.24, 2.45) is 12.8 Å². The number of amides is 1. The van der Waals surface area contributed by atoms with E-state index in [-0.39, 0.29) is 17.0 Å². The van der Waals surface area contributed by atoms with E-state index in [1.54, 1.807) is 7.05 Å². The number of halogens is 1. The molecule has 174 valence electrons. The summed E-state index contributed by atoms with van der Waals surface area (Å²) in [6, 6.07) is 13.6. The van der Waals surface area contributed by atoms with Crippen molar-refractivity contribution in [2.45, 2.75) is 25.7 Å². The Morgan fingerprint density at radius 3 is 2.59 bits per heavy atom. The number of rotatable bonds is 4. The fourth-order valence-electron chi connectivity index (χ4n) is 4.73. The highest BCUT2D eigenvalue weighted by Gasteiger charge is 2.30. The van der Waals surface area contributed by atoms with Gasteiger partial charge in [0.15, 0.2) is 0 Å². The Balaban J connectivity index is 1.46. The Morgan fingerprint density at radius 2 is 1.88 bits per heavy atom. The van der Waals surface area contributed by atoms with Gasteiger partial charge >= 0.3 is 0 Å². The van der Waals surface area contributed by atoms with Crippen molar-refractivity contribution in [1.82, 2.24) is 14.8 Å². The summed E-state index contributed by atoms with van der Waals surface area (Å²) in [5.74, 6) is 0.515. The molecule has 9 heteroatoms. The largest absolute Gasteiger partial charge is 0.420 e. The van der Waals surface area contributed by atoms with E-state index in [1.807, 2.05) is 49.4 Å². The number of aromatic nitrogens is 3. The first-order valence-corrected chi connectivity index (χ1v) is 11.9. The molecule has 0 saturated carbocycles. The van der Waals surface area contributed by atoms with Crippen molar-refractivity contribution in [3.63, 3.8) is 0 Å². The predicted octanol–water partition coefficient (Wildman–Crippen LogP) is 4.14. The molecule has 0 aliphatic carbocycles. The summed E-state index contributed by atoms with van der Waals surface area (Å²) in [6.45, 7) is 3.27. The predicted molar refractivity (Wildman–Crippen MR) is 134 cm³/mol. The van der Waals surface area contributed by atoms with Crippen LogP contribution >= 0.6 is 15.9 Å². The van der Waals surface area contributed by atoms with E-state index in [4.69, 9.17) is 10.2 Å². The Hall–Kier alpha value is -3.46. The highest BCUT2D eigenvalue weighted by atomic mass is 79.9. The van der Waals surface area contributed by atoms with Gasteiger partial charge in [-0.3, -0.25) is 9.59 Å². The minimum atomic E-state index is -0.723. The SMILES string of the molecule is Cc1ccccc1-c1nnc(C2CCN(c3c(C(N)=O)c(=O)n(C)c4ccc(Br)cc34)CC2)o1. The standard InChI is InChI=1S/C25H24BrN5O3/c1-14-5-3-4-6-17(14)24-29-28-23(34-24)15-9-11-31(12-10-15)21-18-13-16(26)7-8-19(18)30(2)25(33)20(21)22(27)32/h3-8,13,15H,9-12H2,1-2H3,(H2,27,32). The van der Waals surface area contributed by atoms with Gasteiger partial charge in [-0.15, -0.1) is 10.2 Å². The number of fused-ring (bicyclic) bond motifs is 1. The van der Waals surface area contributed by atoms with E-state index in [0.29, 0.717) is 30.6 Å². The summed E-state index contributed by atoms with van der Waals surface area (Å²) < 4.78 is 8.38. The second kappa shape index (κ2) is 8.72. The summed E-state index contributed by atoms with van der Waals surface area (Å²) in [7, 11) is 1.66. The molecule has 0 spiro atoms. The van der Waals surface area contributed by atoms with E-state index in [2.05, 4.69) is 31.0 Å². The molecular weight excluding hydrogens is 498 g/mol. The second-order valence-electron chi connectivity index (χ2n) is 8.64. The number of hydrogen-bond donors (Lipinski definition) is 1. The zero-order chi connectivity index (χ0) is 24.0. The van der Waals surface area contributed by atoms with Crippen LogP contribution in [0.25, 0.3) is 22.4 Å². The van der Waals surface area contributed by atoms with Gasteiger partial charge in [-0.1, -0.05) is 34.1 Å². The van der Waals surface area contributed by atoms with Gasteiger partial charge in [0.25, 0.3) is 11.5 Å². The molecule has 34 heavy (non-hydrogen) atoms. The van der Waals surface area contributed by atoms with E-state index in [1.165, 1.54) is 4.57 Å². The minimum absolute atomic E-state index is 0.0196. The van der Waals surface area contributed by atoms with E-state index in [9.17, 15) is 9.59 Å². The van der Waals surface area contributed by atoms with Crippen molar-refractivity contribution >= 4 is 38.4 Å². The monoisotopic (exact) mass is 521 g/mol. The Morgan fingerprint density at radius 1 is 1.15 bits per heavy atom. The molecule has 0 bridgehead atoms. The summed E-state index contributed by atoms with van der Waals surface area (Å²) in [5.41, 5.74) is 8.67. The van der Waals surface area contributed by atoms with Crippen molar-refractivity contribution in [2.75, 3.05) is 18.0 Å². The Kier molecular flexibility index (Phi) is 5.73. The molecule has 4 aromatic rings. The van der Waals surface area contributed by atoms with Crippen LogP contribution in [-0.2, 0) is 7.05 Å². The zero-order valence-corrected chi connectivity index (χ0v) is 20.5. The van der Waals surface area contributed by atoms with Crippen LogP contribution in [-0.4, -0.2) is 33.8 Å². The average Bonchev–Trinajstić information content (AvgIpc) is 3.31. The fourth-order valence-corrected chi connectivity index (χ4v) is 5.09. The van der Waals surface area contributed by atoms with Crippen LogP contribution in [0.4, 0.5) is 5.69 Å². The number of primary amides is 1. The molecular formula is C25H24BrN5O3. The molecule has 1 saturated heterocycles. The molecule has 0 unspecified atom stereocenters. The smallest absolute Gasteiger partial charge is 0.265 e. The molecule has 8 nitrogen and oxygen atoms in total. The average molecular weight is 522 g/mol. The third kappa shape index (κ3) is 3.79. The number of benzene rings is 2. The van der Waals surface area contributed by atoms with Crippen molar-refractivity contribution < 1.29 is 9.21 Å². The summed E-state index contributed by atoms with van der Waals surface area (Å²) in [6.07, 6.45) is 1.50. The van der Waals surface area contributed by atoms with Gasteiger partial charge in [0, 0.05) is 41.5 Å². The zero-order valence-electron chi connectivity index (χ0n) is 18.9. The number of carbonyl (C=O) groups excluding carboxylic acids is 1. The van der Waals surface area contributed by atoms with Crippen LogP contribution in [0.15, 0.2) is 56.1 Å². The quantitative estimate of drug-likeness (QED) is 0.432. The second-order valence-corrected chi connectivity index (χ2v) is 9.55. The van der Waals surface area contributed by atoms with Crippen LogP contribution in [0.2, 0.25) is 0 Å². The lowest BCUT2D eigenvalue weighted by Gasteiger charge is -2.34. The number of aryl methyl sites for hydroxylation is 2. The minimum Gasteiger partial charge on any atom is -0.420 e. The van der Waals surface area contributed by atoms with Crippen LogP contribution < -0.4 is 16.2 Å². The number of nitrogens with two attached hydrogens (primary N) is 1. The molecule has 1 aliphatic rings. The lowest BCUT2D eigenvalue weighted by atomic mass is 9.95. The summed E-state index contributed by atoms with van der Waals surface area (Å²) in [5, 5.41) is 9.40. The van der Waals surface area contributed by atoms with Gasteiger partial charge in [-0.25, -0.2) is 0 Å². The van der Waals surface area contributed by atoms with Crippen LogP contribution in [0.3, 0.4) is 0 Å². The number of nitrogens with zero attached hydrogens (tertiary/aromatic N) is 4. The first-order valence-electron chi connectivity index (χ1n) is 11.1. The first-order chi connectivity index (χ1) is 16.3. The lowest BCUT2D eigenvalue weighted by molar-refractivity contribution is 0.0999. The first kappa shape index (κ1) is 22.3. The maximum Gasteiger partial charge on any atom is 0.265 e. The molecule has 2 N–H and O–H groups in total. The fraction of sp³-hybridized carbons (Fsp3) is 0.280. The van der Waals surface area contributed by atoms with Gasteiger partial charge in [0.1, 0.15) is 5.56 Å². The number of piperidine rings is 1. The van der Waals surface area contributed by atoms with Crippen LogP contribution in [0.5, 0.6) is 0 Å². The molecule has 0 atom stereocenters. The lowest BCUT2D eigenvalue weighted by Crippen LogP contribution is -2.38. The number of anilines is 1. The highest BCUT2D eigenvalue weighted by molar-refractivity contribution is 9.10. The van der Waals surface area contributed by atoms with Gasteiger partial charge in [0.2, 0.25) is 11.8 Å². The van der Waals surface area contributed by atoms with Gasteiger partial charge in [0.05, 0.1) is 11.2 Å². The normalized spacial score (nSPS) is 14.6. The van der Waals surface area contributed by atoms with Crippen molar-refractivity contribution in [3.05, 3.63) is 74.3 Å². The Labute approximate surface area is 204 Å². The molecule has 2 aromatic carbocycles. The summed E-state index contributed by atoms with van der Waals surface area (Å²) >= 11 is 3.51. The van der Waals surface area contributed by atoms with Crippen LogP contribution in [0.1, 0.15) is 40.6 Å². The number of hydrogen-bond acceptors (Lipinski definition) is 6. The third-order valence-electron chi connectivity index (χ3n) is 6.55. The molecule has 1 fully saturated rings. The summed E-state index contributed by atoms with van der Waals surface area (Å²) in [4.78, 5) is 27.4. The maximum atomic E-state index is 13.0. The Bertz CT molecular complexity index is 1470. The third-order valence-corrected chi connectivity index (χ3v) is 7.05. The van der Waals surface area contributed by atoms with E-state index < -0.39 is 5.91 Å². The molecule has 2 aromatic heterocycles. The van der Waals surface area contributed by atoms with Crippen molar-refractivity contribution in [3.8, 4) is 11.5 Å². The van der Waals surface area contributed by atoms with Gasteiger partial charge in [-0.2, -0.15) is 0 Å². The van der Waals surface area contributed by atoms with Gasteiger partial charge < -0.3 is 19.6 Å². The molecule has 0 radical (unpaired) electrons. The number of carbonyl (C=O) groups is 1. The van der Waals surface area contributed by atoms with Crippen molar-refractivity contribution in [1.29, 1.82) is 0 Å². The molecule has 3 heterocycles. The topological polar surface area (TPSA) is 107 Å². The van der Waals surface area contributed by atoms with E-state index in [0.717, 1.165) is 39.3 Å². The van der Waals surface area contributed by atoms with Gasteiger partial charge in [-0.05, 0) is 49.6 Å².